The number of hydrogen-bond donors (Lipinski definition) is 1. The van der Waals surface area contributed by atoms with E-state index in [2.05, 4.69) is 5.32 Å². The number of nitrogens with one attached hydrogen (secondary N) is 1. The van der Waals surface area contributed by atoms with Crippen LogP contribution in [-0.2, 0) is 14.3 Å². The first-order valence-electron chi connectivity index (χ1n) is 7.05. The average Bonchev–Trinajstić information content (AvgIpc) is 3.31. The minimum atomic E-state index is -0.583. The van der Waals surface area contributed by atoms with Crippen LogP contribution in [0.3, 0.4) is 0 Å². The SMILES string of the molecule is C[C@@H](NC(=O)COC(=O)/C=C/c1ccc(Cl)c(Cl)c1)C1CC1. The van der Waals surface area contributed by atoms with Crippen molar-refractivity contribution in [3.8, 4) is 0 Å². The molecular weight excluding hydrogens is 325 g/mol. The first-order chi connectivity index (χ1) is 10.5. The van der Waals surface area contributed by atoms with Crippen LogP contribution in [0, 0.1) is 5.92 Å². The van der Waals surface area contributed by atoms with Crippen molar-refractivity contribution in [3.05, 3.63) is 39.9 Å². The van der Waals surface area contributed by atoms with E-state index in [1.165, 1.54) is 6.08 Å². The van der Waals surface area contributed by atoms with Gasteiger partial charge in [-0.1, -0.05) is 29.3 Å². The lowest BCUT2D eigenvalue weighted by atomic mass is 10.2. The number of ether oxygens (including phenoxy) is 1. The molecule has 1 aliphatic rings. The van der Waals surface area contributed by atoms with Crippen LogP contribution in [-0.4, -0.2) is 24.5 Å². The summed E-state index contributed by atoms with van der Waals surface area (Å²) in [7, 11) is 0. The quantitative estimate of drug-likeness (QED) is 0.636. The van der Waals surface area contributed by atoms with Gasteiger partial charge in [-0.3, -0.25) is 4.79 Å². The second-order valence-electron chi connectivity index (χ2n) is 5.31. The van der Waals surface area contributed by atoms with Crippen LogP contribution in [0.1, 0.15) is 25.3 Å². The van der Waals surface area contributed by atoms with E-state index in [1.807, 2.05) is 6.92 Å². The van der Waals surface area contributed by atoms with Crippen molar-refractivity contribution in [3.63, 3.8) is 0 Å². The van der Waals surface area contributed by atoms with Crippen LogP contribution in [0.25, 0.3) is 6.08 Å². The first kappa shape index (κ1) is 16.8. The maximum absolute atomic E-state index is 11.6. The lowest BCUT2D eigenvalue weighted by Gasteiger charge is -2.12. The first-order valence-corrected chi connectivity index (χ1v) is 7.80. The lowest BCUT2D eigenvalue weighted by molar-refractivity contribution is -0.144. The summed E-state index contributed by atoms with van der Waals surface area (Å²) in [5, 5.41) is 3.67. The van der Waals surface area contributed by atoms with Gasteiger partial charge in [0.05, 0.1) is 10.0 Å². The van der Waals surface area contributed by atoms with Crippen LogP contribution in [0.2, 0.25) is 10.0 Å². The molecule has 4 nitrogen and oxygen atoms in total. The number of benzene rings is 1. The van der Waals surface area contributed by atoms with Crippen LogP contribution in [0.5, 0.6) is 0 Å². The monoisotopic (exact) mass is 341 g/mol. The maximum atomic E-state index is 11.6. The zero-order valence-corrected chi connectivity index (χ0v) is 13.7. The summed E-state index contributed by atoms with van der Waals surface area (Å²) >= 11 is 11.7. The fourth-order valence-corrected chi connectivity index (χ4v) is 2.28. The van der Waals surface area contributed by atoms with Gasteiger partial charge in [-0.25, -0.2) is 4.79 Å². The smallest absolute Gasteiger partial charge is 0.331 e. The Balaban J connectivity index is 1.75. The highest BCUT2D eigenvalue weighted by Gasteiger charge is 2.28. The van der Waals surface area contributed by atoms with Gasteiger partial charge < -0.3 is 10.1 Å². The molecule has 0 spiro atoms. The van der Waals surface area contributed by atoms with E-state index in [0.29, 0.717) is 16.0 Å². The molecule has 1 saturated carbocycles. The molecule has 0 aromatic heterocycles. The molecule has 0 aliphatic heterocycles. The number of halogens is 2. The number of rotatable bonds is 6. The minimum absolute atomic E-state index is 0.137. The van der Waals surface area contributed by atoms with Crippen molar-refractivity contribution in [2.45, 2.75) is 25.8 Å². The van der Waals surface area contributed by atoms with Gasteiger partial charge in [-0.2, -0.15) is 0 Å². The van der Waals surface area contributed by atoms with Gasteiger partial charge in [0.25, 0.3) is 5.91 Å². The Labute approximate surface area is 139 Å². The second kappa shape index (κ2) is 7.65. The van der Waals surface area contributed by atoms with E-state index in [-0.39, 0.29) is 18.6 Å². The number of hydrogen-bond acceptors (Lipinski definition) is 3. The fourth-order valence-electron chi connectivity index (χ4n) is 1.97. The summed E-state index contributed by atoms with van der Waals surface area (Å²) in [6, 6.07) is 5.14. The largest absolute Gasteiger partial charge is 0.452 e. The van der Waals surface area contributed by atoms with Crippen LogP contribution < -0.4 is 5.32 Å². The van der Waals surface area contributed by atoms with E-state index < -0.39 is 5.97 Å². The average molecular weight is 342 g/mol. The van der Waals surface area contributed by atoms with Crippen molar-refractivity contribution in [2.24, 2.45) is 5.92 Å². The molecular formula is C16H17Cl2NO3. The summed E-state index contributed by atoms with van der Waals surface area (Å²) in [6.07, 6.45) is 5.09. The third kappa shape index (κ3) is 5.35. The summed E-state index contributed by atoms with van der Waals surface area (Å²) in [6.45, 7) is 1.68. The molecule has 0 unspecified atom stereocenters. The van der Waals surface area contributed by atoms with Crippen LogP contribution >= 0.6 is 23.2 Å². The molecule has 1 atom stereocenters. The maximum Gasteiger partial charge on any atom is 0.331 e. The summed E-state index contributed by atoms with van der Waals surface area (Å²) in [5.41, 5.74) is 0.721. The van der Waals surface area contributed by atoms with Crippen molar-refractivity contribution >= 4 is 41.2 Å². The van der Waals surface area contributed by atoms with Gasteiger partial charge in [-0.05, 0) is 49.5 Å². The van der Waals surface area contributed by atoms with E-state index in [4.69, 9.17) is 27.9 Å². The zero-order chi connectivity index (χ0) is 16.1. The summed E-state index contributed by atoms with van der Waals surface area (Å²) < 4.78 is 4.88. The second-order valence-corrected chi connectivity index (χ2v) is 6.12. The van der Waals surface area contributed by atoms with Crippen molar-refractivity contribution in [2.75, 3.05) is 6.61 Å². The Hall–Kier alpha value is -1.52. The van der Waals surface area contributed by atoms with Gasteiger partial charge in [0.15, 0.2) is 6.61 Å². The molecule has 0 saturated heterocycles. The van der Waals surface area contributed by atoms with Crippen LogP contribution in [0.4, 0.5) is 0 Å². The molecule has 2 rings (SSSR count). The lowest BCUT2D eigenvalue weighted by Crippen LogP contribution is -2.36. The van der Waals surface area contributed by atoms with Gasteiger partial charge in [0.2, 0.25) is 0 Å². The standard InChI is InChI=1S/C16H17Cl2NO3/c1-10(12-4-5-12)19-15(20)9-22-16(21)7-3-11-2-6-13(17)14(18)8-11/h2-3,6-8,10,12H,4-5,9H2,1H3,(H,19,20)/b7-3+/t10-/m1/s1. The Bertz CT molecular complexity index is 597. The Kier molecular flexibility index (Phi) is 5.86. The van der Waals surface area contributed by atoms with Gasteiger partial charge in [0, 0.05) is 12.1 Å². The van der Waals surface area contributed by atoms with Gasteiger partial charge >= 0.3 is 5.97 Å². The highest BCUT2D eigenvalue weighted by atomic mass is 35.5. The number of amides is 1. The molecule has 1 aromatic carbocycles. The van der Waals surface area contributed by atoms with Crippen molar-refractivity contribution in [1.82, 2.24) is 5.32 Å². The molecule has 0 heterocycles. The summed E-state index contributed by atoms with van der Waals surface area (Å²) in [4.78, 5) is 23.2. The molecule has 1 fully saturated rings. The number of esters is 1. The number of carbonyl (C=O) groups excluding carboxylic acids is 2. The van der Waals surface area contributed by atoms with Gasteiger partial charge in [-0.15, -0.1) is 0 Å². The highest BCUT2D eigenvalue weighted by Crippen LogP contribution is 2.32. The Morgan fingerprint density at radius 3 is 2.73 bits per heavy atom. The van der Waals surface area contributed by atoms with Crippen molar-refractivity contribution < 1.29 is 14.3 Å². The molecule has 118 valence electrons. The predicted octanol–water partition coefficient (Wildman–Crippen LogP) is 3.46. The third-order valence-corrected chi connectivity index (χ3v) is 4.16. The van der Waals surface area contributed by atoms with E-state index in [1.54, 1.807) is 24.3 Å². The van der Waals surface area contributed by atoms with E-state index >= 15 is 0 Å². The molecule has 6 heteroatoms. The number of carbonyl (C=O) groups is 2. The summed E-state index contributed by atoms with van der Waals surface area (Å²) in [5.74, 6) is -0.301. The van der Waals surface area contributed by atoms with Crippen molar-refractivity contribution in [1.29, 1.82) is 0 Å². The fraction of sp³-hybridized carbons (Fsp3) is 0.375. The van der Waals surface area contributed by atoms with Crippen LogP contribution in [0.15, 0.2) is 24.3 Å². The molecule has 1 amide bonds. The molecule has 0 bridgehead atoms. The third-order valence-electron chi connectivity index (χ3n) is 3.42. The van der Waals surface area contributed by atoms with E-state index in [0.717, 1.165) is 18.4 Å². The van der Waals surface area contributed by atoms with Gasteiger partial charge in [0.1, 0.15) is 0 Å². The van der Waals surface area contributed by atoms with E-state index in [9.17, 15) is 9.59 Å². The minimum Gasteiger partial charge on any atom is -0.452 e. The molecule has 1 N–H and O–H groups in total. The Morgan fingerprint density at radius 1 is 1.36 bits per heavy atom. The normalized spacial score (nSPS) is 15.6. The topological polar surface area (TPSA) is 55.4 Å². The molecule has 0 radical (unpaired) electrons. The highest BCUT2D eigenvalue weighted by molar-refractivity contribution is 6.42. The molecule has 1 aliphatic carbocycles. The zero-order valence-electron chi connectivity index (χ0n) is 12.1. The molecule has 1 aromatic rings. The Morgan fingerprint density at radius 2 is 2.09 bits per heavy atom. The molecule has 22 heavy (non-hydrogen) atoms. The predicted molar refractivity (Wildman–Crippen MR) is 86.8 cm³/mol.